The van der Waals surface area contributed by atoms with Gasteiger partial charge in [0.15, 0.2) is 0 Å². The van der Waals surface area contributed by atoms with Crippen molar-refractivity contribution >= 4 is 22.4 Å². The number of likely N-dealkylation sites (N-methyl/N-ethyl adjacent to an activating group) is 1. The fourth-order valence-corrected chi connectivity index (χ4v) is 2.90. The summed E-state index contributed by atoms with van der Waals surface area (Å²) < 4.78 is 5.75. The van der Waals surface area contributed by atoms with Gasteiger partial charge in [0.2, 0.25) is 0 Å². The van der Waals surface area contributed by atoms with E-state index in [9.17, 15) is 5.11 Å². The minimum absolute atomic E-state index is 0.353. The Morgan fingerprint density at radius 1 is 1.00 bits per heavy atom. The zero-order chi connectivity index (χ0) is 16.9. The number of aromatic hydroxyl groups is 1. The van der Waals surface area contributed by atoms with Crippen LogP contribution >= 0.6 is 11.6 Å². The van der Waals surface area contributed by atoms with Crippen molar-refractivity contribution in [3.8, 4) is 11.5 Å². The average Bonchev–Trinajstić information content (AvgIpc) is 2.59. The van der Waals surface area contributed by atoms with E-state index in [1.54, 1.807) is 6.07 Å². The number of quaternary nitrogens is 1. The average molecular weight is 343 g/mol. The van der Waals surface area contributed by atoms with E-state index in [4.69, 9.17) is 16.3 Å². The molecule has 3 aromatic rings. The number of halogens is 1. The highest BCUT2D eigenvalue weighted by Crippen LogP contribution is 2.26. The smallest absolute Gasteiger partial charge is 0.137 e. The van der Waals surface area contributed by atoms with Crippen molar-refractivity contribution < 1.29 is 14.7 Å². The Hall–Kier alpha value is -2.23. The molecule has 0 bridgehead atoms. The molecule has 4 heteroatoms. The van der Waals surface area contributed by atoms with Gasteiger partial charge in [0, 0.05) is 5.02 Å². The lowest BCUT2D eigenvalue weighted by Crippen LogP contribution is -3.08. The summed E-state index contributed by atoms with van der Waals surface area (Å²) in [6.07, 6.45) is 0. The van der Waals surface area contributed by atoms with E-state index in [0.717, 1.165) is 35.2 Å². The first-order valence-electron chi connectivity index (χ1n) is 8.03. The van der Waals surface area contributed by atoms with E-state index in [-0.39, 0.29) is 0 Å². The van der Waals surface area contributed by atoms with Gasteiger partial charge in [-0.15, -0.1) is 0 Å². The van der Waals surface area contributed by atoms with Gasteiger partial charge >= 0.3 is 0 Å². The van der Waals surface area contributed by atoms with Crippen molar-refractivity contribution in [3.05, 3.63) is 71.2 Å². The maximum Gasteiger partial charge on any atom is 0.137 e. The normalized spacial score (nSPS) is 12.2. The maximum atomic E-state index is 10.2. The molecule has 0 saturated heterocycles. The highest BCUT2D eigenvalue weighted by molar-refractivity contribution is 6.30. The Bertz CT molecular complexity index is 817. The molecule has 0 amide bonds. The third-order valence-corrected chi connectivity index (χ3v) is 4.36. The van der Waals surface area contributed by atoms with Gasteiger partial charge in [-0.1, -0.05) is 41.9 Å². The number of benzene rings is 3. The molecule has 0 spiro atoms. The molecule has 2 N–H and O–H groups in total. The molecule has 0 saturated carbocycles. The number of ether oxygens (including phenoxy) is 1. The fraction of sp³-hybridized carbons (Fsp3) is 0.200. The number of hydrogen-bond acceptors (Lipinski definition) is 2. The monoisotopic (exact) mass is 342 g/mol. The molecule has 0 aliphatic heterocycles. The predicted molar refractivity (Wildman–Crippen MR) is 98.0 cm³/mol. The number of nitrogens with one attached hydrogen (secondary N) is 1. The molecule has 3 nitrogen and oxygen atoms in total. The van der Waals surface area contributed by atoms with Crippen LogP contribution in [0.5, 0.6) is 11.5 Å². The predicted octanol–water partition coefficient (Wildman–Crippen LogP) is 3.29. The number of hydrogen-bond donors (Lipinski definition) is 2. The molecule has 1 unspecified atom stereocenters. The Balaban J connectivity index is 1.62. The summed E-state index contributed by atoms with van der Waals surface area (Å²) in [4.78, 5) is 1.27. The van der Waals surface area contributed by atoms with Crippen molar-refractivity contribution in [1.82, 2.24) is 0 Å². The van der Waals surface area contributed by atoms with E-state index in [0.29, 0.717) is 17.4 Å². The Kier molecular flexibility index (Phi) is 5.24. The molecule has 3 aromatic carbocycles. The van der Waals surface area contributed by atoms with Gasteiger partial charge in [0.1, 0.15) is 31.2 Å². The summed E-state index contributed by atoms with van der Waals surface area (Å²) in [5.41, 5.74) is 0.983. The summed E-state index contributed by atoms with van der Waals surface area (Å²) in [5.74, 6) is 1.17. The van der Waals surface area contributed by atoms with Crippen LogP contribution < -0.4 is 9.64 Å². The number of rotatable bonds is 6. The highest BCUT2D eigenvalue weighted by Gasteiger charge is 2.12. The minimum Gasteiger partial charge on any atom is -0.507 e. The third-order valence-electron chi connectivity index (χ3n) is 4.11. The molecular weight excluding hydrogens is 322 g/mol. The van der Waals surface area contributed by atoms with Crippen molar-refractivity contribution in [2.24, 2.45) is 0 Å². The zero-order valence-electron chi connectivity index (χ0n) is 13.6. The van der Waals surface area contributed by atoms with E-state index in [2.05, 4.69) is 19.2 Å². The standard InChI is InChI=1S/C20H20ClNO2/c1-22(12-13-24-17-9-7-16(21)8-10-17)14-19-18-5-3-2-4-15(18)6-11-20(19)23/h2-11,23H,12-14H2,1H3/p+1. The second-order valence-corrected chi connectivity index (χ2v) is 6.41. The van der Waals surface area contributed by atoms with Gasteiger partial charge in [-0.05, 0) is 41.1 Å². The molecule has 0 radical (unpaired) electrons. The molecular formula is C20H21ClNO2+. The largest absolute Gasteiger partial charge is 0.507 e. The molecule has 0 aliphatic carbocycles. The summed E-state index contributed by atoms with van der Waals surface area (Å²) in [6, 6.07) is 19.2. The van der Waals surface area contributed by atoms with Crippen LogP contribution in [0.15, 0.2) is 60.7 Å². The third kappa shape index (κ3) is 3.99. The summed E-state index contributed by atoms with van der Waals surface area (Å²) in [6.45, 7) is 2.20. The zero-order valence-corrected chi connectivity index (χ0v) is 14.4. The molecule has 0 heterocycles. The van der Waals surface area contributed by atoms with E-state index < -0.39 is 0 Å². The Morgan fingerprint density at radius 2 is 1.75 bits per heavy atom. The number of phenolic OH excluding ortho intramolecular Hbond substituents is 1. The highest BCUT2D eigenvalue weighted by atomic mass is 35.5. The van der Waals surface area contributed by atoms with Crippen molar-refractivity contribution in [1.29, 1.82) is 0 Å². The first-order chi connectivity index (χ1) is 11.6. The lowest BCUT2D eigenvalue weighted by atomic mass is 10.0. The van der Waals surface area contributed by atoms with Gasteiger partial charge in [0.25, 0.3) is 0 Å². The van der Waals surface area contributed by atoms with Crippen LogP contribution in [0.25, 0.3) is 10.8 Å². The maximum absolute atomic E-state index is 10.2. The number of fused-ring (bicyclic) bond motifs is 1. The van der Waals surface area contributed by atoms with Gasteiger partial charge < -0.3 is 14.7 Å². The molecule has 0 aliphatic rings. The van der Waals surface area contributed by atoms with Gasteiger partial charge in [-0.2, -0.15) is 0 Å². The van der Waals surface area contributed by atoms with Crippen LogP contribution in [0.2, 0.25) is 5.02 Å². The van der Waals surface area contributed by atoms with Crippen LogP contribution in [0.1, 0.15) is 5.56 Å². The lowest BCUT2D eigenvalue weighted by molar-refractivity contribution is -0.893. The summed E-state index contributed by atoms with van der Waals surface area (Å²) in [7, 11) is 2.10. The number of phenols is 1. The van der Waals surface area contributed by atoms with Crippen LogP contribution in [0.4, 0.5) is 0 Å². The first kappa shape index (κ1) is 16.6. The molecule has 0 fully saturated rings. The van der Waals surface area contributed by atoms with Crippen LogP contribution in [0.3, 0.4) is 0 Å². The fourth-order valence-electron chi connectivity index (χ4n) is 2.77. The summed E-state index contributed by atoms with van der Waals surface area (Å²) in [5, 5.41) is 13.2. The minimum atomic E-state index is 0.353. The van der Waals surface area contributed by atoms with Crippen LogP contribution in [0, 0.1) is 0 Å². The second-order valence-electron chi connectivity index (χ2n) is 5.97. The lowest BCUT2D eigenvalue weighted by Gasteiger charge is -2.17. The topological polar surface area (TPSA) is 33.9 Å². The Labute approximate surface area is 147 Å². The first-order valence-corrected chi connectivity index (χ1v) is 8.40. The van der Waals surface area contributed by atoms with Crippen molar-refractivity contribution in [2.45, 2.75) is 6.54 Å². The van der Waals surface area contributed by atoms with E-state index >= 15 is 0 Å². The SMILES string of the molecule is C[NH+](CCOc1ccc(Cl)cc1)Cc1c(O)ccc2ccccc12. The van der Waals surface area contributed by atoms with E-state index in [1.807, 2.05) is 42.5 Å². The van der Waals surface area contributed by atoms with E-state index in [1.165, 1.54) is 4.90 Å². The molecule has 24 heavy (non-hydrogen) atoms. The quantitative estimate of drug-likeness (QED) is 0.720. The molecule has 124 valence electrons. The molecule has 0 aromatic heterocycles. The van der Waals surface area contributed by atoms with Crippen LogP contribution in [-0.2, 0) is 6.54 Å². The van der Waals surface area contributed by atoms with Gasteiger partial charge in [0.05, 0.1) is 12.6 Å². The molecule has 1 atom stereocenters. The molecule has 3 rings (SSSR count). The van der Waals surface area contributed by atoms with Crippen molar-refractivity contribution in [2.75, 3.05) is 20.2 Å². The second kappa shape index (κ2) is 7.56. The van der Waals surface area contributed by atoms with Crippen molar-refractivity contribution in [3.63, 3.8) is 0 Å². The Morgan fingerprint density at radius 3 is 2.54 bits per heavy atom. The summed E-state index contributed by atoms with van der Waals surface area (Å²) >= 11 is 5.87. The van der Waals surface area contributed by atoms with Crippen LogP contribution in [-0.4, -0.2) is 25.3 Å². The van der Waals surface area contributed by atoms with Gasteiger partial charge in [-0.3, -0.25) is 0 Å². The van der Waals surface area contributed by atoms with Gasteiger partial charge in [-0.25, -0.2) is 0 Å².